The van der Waals surface area contributed by atoms with Gasteiger partial charge in [0.05, 0.1) is 0 Å². The van der Waals surface area contributed by atoms with Crippen LogP contribution in [-0.4, -0.2) is 35.8 Å². The van der Waals surface area contributed by atoms with Gasteiger partial charge in [-0.05, 0) is 49.9 Å². The van der Waals surface area contributed by atoms with E-state index in [-0.39, 0.29) is 29.6 Å². The summed E-state index contributed by atoms with van der Waals surface area (Å²) < 4.78 is 13.0. The predicted octanol–water partition coefficient (Wildman–Crippen LogP) is 3.76. The monoisotopic (exact) mass is 332 g/mol. The molecule has 2 aliphatic rings. The number of ketones is 1. The van der Waals surface area contributed by atoms with Crippen LogP contribution in [-0.2, 0) is 0 Å². The Morgan fingerprint density at radius 1 is 1.00 bits per heavy atom. The first-order chi connectivity index (χ1) is 11.6. The molecule has 1 aromatic rings. The van der Waals surface area contributed by atoms with E-state index in [1.807, 2.05) is 0 Å². The van der Waals surface area contributed by atoms with Gasteiger partial charge in [0, 0.05) is 30.6 Å². The number of urea groups is 1. The van der Waals surface area contributed by atoms with E-state index in [9.17, 15) is 14.0 Å². The summed E-state index contributed by atoms with van der Waals surface area (Å²) in [5, 5.41) is 3.12. The molecule has 0 radical (unpaired) electrons. The minimum absolute atomic E-state index is 0.00478. The normalized spacial score (nSPS) is 22.2. The van der Waals surface area contributed by atoms with E-state index in [0.717, 1.165) is 25.7 Å². The summed E-state index contributed by atoms with van der Waals surface area (Å²) in [5.41, 5.74) is 0.524. The van der Waals surface area contributed by atoms with Crippen LogP contribution >= 0.6 is 0 Å². The quantitative estimate of drug-likeness (QED) is 0.857. The summed E-state index contributed by atoms with van der Waals surface area (Å²) in [6.45, 7) is 1.15. The van der Waals surface area contributed by atoms with Gasteiger partial charge in [-0.25, -0.2) is 9.18 Å². The zero-order valence-corrected chi connectivity index (χ0v) is 14.0. The fraction of sp³-hybridized carbons (Fsp3) is 0.579. The van der Waals surface area contributed by atoms with Crippen LogP contribution in [0.5, 0.6) is 0 Å². The first-order valence-electron chi connectivity index (χ1n) is 8.99. The average molecular weight is 332 g/mol. The SMILES string of the molecule is O=C(c1ccc(F)cc1)C1CCCN(C(=O)NC2CCCCC2)C1. The number of carbonyl (C=O) groups is 2. The third-order valence-corrected chi connectivity index (χ3v) is 5.14. The molecule has 1 atom stereocenters. The maximum atomic E-state index is 13.0. The van der Waals surface area contributed by atoms with Crippen LogP contribution in [0.25, 0.3) is 0 Å². The van der Waals surface area contributed by atoms with Crippen molar-refractivity contribution in [3.8, 4) is 0 Å². The number of amides is 2. The highest BCUT2D eigenvalue weighted by Gasteiger charge is 2.30. The molecule has 1 heterocycles. The van der Waals surface area contributed by atoms with Crippen LogP contribution in [0.3, 0.4) is 0 Å². The van der Waals surface area contributed by atoms with Crippen molar-refractivity contribution in [2.75, 3.05) is 13.1 Å². The van der Waals surface area contributed by atoms with E-state index >= 15 is 0 Å². The molecule has 1 saturated heterocycles. The van der Waals surface area contributed by atoms with Crippen molar-refractivity contribution in [3.05, 3.63) is 35.6 Å². The van der Waals surface area contributed by atoms with Crippen LogP contribution in [0.15, 0.2) is 24.3 Å². The van der Waals surface area contributed by atoms with Crippen LogP contribution in [0.4, 0.5) is 9.18 Å². The highest BCUT2D eigenvalue weighted by atomic mass is 19.1. The van der Waals surface area contributed by atoms with Gasteiger partial charge in [-0.1, -0.05) is 19.3 Å². The first kappa shape index (κ1) is 16.9. The van der Waals surface area contributed by atoms with Crippen molar-refractivity contribution >= 4 is 11.8 Å². The van der Waals surface area contributed by atoms with Crippen LogP contribution in [0.2, 0.25) is 0 Å². The molecule has 1 aliphatic heterocycles. The predicted molar refractivity (Wildman–Crippen MR) is 90.4 cm³/mol. The maximum absolute atomic E-state index is 13.0. The molecule has 1 N–H and O–H groups in total. The van der Waals surface area contributed by atoms with E-state index in [1.54, 1.807) is 4.90 Å². The molecular formula is C19H25FN2O2. The number of hydrogen-bond acceptors (Lipinski definition) is 2. The first-order valence-corrected chi connectivity index (χ1v) is 8.99. The van der Waals surface area contributed by atoms with Gasteiger partial charge in [0.2, 0.25) is 0 Å². The Balaban J connectivity index is 1.58. The van der Waals surface area contributed by atoms with Crippen LogP contribution in [0.1, 0.15) is 55.3 Å². The summed E-state index contributed by atoms with van der Waals surface area (Å²) in [6, 6.07) is 5.91. The van der Waals surface area contributed by atoms with Crippen molar-refractivity contribution in [2.24, 2.45) is 5.92 Å². The number of hydrogen-bond donors (Lipinski definition) is 1. The van der Waals surface area contributed by atoms with E-state index in [1.165, 1.54) is 43.5 Å². The third-order valence-electron chi connectivity index (χ3n) is 5.14. The Bertz CT molecular complexity index is 582. The molecule has 2 fully saturated rings. The van der Waals surface area contributed by atoms with Gasteiger partial charge in [0.15, 0.2) is 5.78 Å². The van der Waals surface area contributed by atoms with Gasteiger partial charge in [0.25, 0.3) is 0 Å². The summed E-state index contributed by atoms with van der Waals surface area (Å²) >= 11 is 0. The Kier molecular flexibility index (Phi) is 5.48. The minimum Gasteiger partial charge on any atom is -0.335 e. The molecule has 2 amide bonds. The number of nitrogens with zero attached hydrogens (tertiary/aromatic N) is 1. The van der Waals surface area contributed by atoms with Gasteiger partial charge < -0.3 is 10.2 Å². The molecule has 24 heavy (non-hydrogen) atoms. The summed E-state index contributed by atoms with van der Waals surface area (Å²) in [7, 11) is 0. The molecule has 0 aromatic heterocycles. The second-order valence-electron chi connectivity index (χ2n) is 6.94. The van der Waals surface area contributed by atoms with E-state index in [0.29, 0.717) is 18.7 Å². The van der Waals surface area contributed by atoms with Crippen molar-refractivity contribution in [3.63, 3.8) is 0 Å². The van der Waals surface area contributed by atoms with Crippen LogP contribution in [0, 0.1) is 11.7 Å². The number of piperidine rings is 1. The lowest BCUT2D eigenvalue weighted by Crippen LogP contribution is -2.50. The Morgan fingerprint density at radius 2 is 1.71 bits per heavy atom. The zero-order chi connectivity index (χ0) is 16.9. The summed E-state index contributed by atoms with van der Waals surface area (Å²) in [6.07, 6.45) is 7.33. The fourth-order valence-corrected chi connectivity index (χ4v) is 3.74. The lowest BCUT2D eigenvalue weighted by Gasteiger charge is -2.34. The van der Waals surface area contributed by atoms with Crippen molar-refractivity contribution in [1.82, 2.24) is 10.2 Å². The number of Topliss-reactive ketones (excluding diaryl/α,β-unsaturated/α-hetero) is 1. The summed E-state index contributed by atoms with van der Waals surface area (Å²) in [5.74, 6) is -0.532. The average Bonchev–Trinajstić information content (AvgIpc) is 2.63. The largest absolute Gasteiger partial charge is 0.335 e. The second kappa shape index (κ2) is 7.77. The number of nitrogens with one attached hydrogen (secondary N) is 1. The molecule has 1 saturated carbocycles. The molecule has 1 aliphatic carbocycles. The number of carbonyl (C=O) groups excluding carboxylic acids is 2. The molecule has 0 spiro atoms. The molecule has 1 aromatic carbocycles. The molecule has 4 nitrogen and oxygen atoms in total. The van der Waals surface area contributed by atoms with Gasteiger partial charge >= 0.3 is 6.03 Å². The fourth-order valence-electron chi connectivity index (χ4n) is 3.74. The molecule has 3 rings (SSSR count). The van der Waals surface area contributed by atoms with E-state index in [4.69, 9.17) is 0 Å². The second-order valence-corrected chi connectivity index (χ2v) is 6.94. The van der Waals surface area contributed by atoms with Gasteiger partial charge in [-0.15, -0.1) is 0 Å². The highest BCUT2D eigenvalue weighted by molar-refractivity contribution is 5.98. The Hall–Kier alpha value is -1.91. The minimum atomic E-state index is -0.344. The number of likely N-dealkylation sites (tertiary alicyclic amines) is 1. The molecule has 1 unspecified atom stereocenters. The lowest BCUT2D eigenvalue weighted by atomic mass is 9.90. The maximum Gasteiger partial charge on any atom is 0.317 e. The third kappa shape index (κ3) is 4.13. The smallest absolute Gasteiger partial charge is 0.317 e. The van der Waals surface area contributed by atoms with Gasteiger partial charge in [-0.3, -0.25) is 4.79 Å². The molecule has 130 valence electrons. The molecule has 5 heteroatoms. The lowest BCUT2D eigenvalue weighted by molar-refractivity contribution is 0.0843. The van der Waals surface area contributed by atoms with Crippen molar-refractivity contribution in [2.45, 2.75) is 51.0 Å². The van der Waals surface area contributed by atoms with Crippen LogP contribution < -0.4 is 5.32 Å². The van der Waals surface area contributed by atoms with Gasteiger partial charge in [-0.2, -0.15) is 0 Å². The summed E-state index contributed by atoms with van der Waals surface area (Å²) in [4.78, 5) is 26.8. The number of rotatable bonds is 3. The Morgan fingerprint density at radius 3 is 2.42 bits per heavy atom. The van der Waals surface area contributed by atoms with E-state index in [2.05, 4.69) is 5.32 Å². The van der Waals surface area contributed by atoms with E-state index < -0.39 is 0 Å². The molecule has 0 bridgehead atoms. The topological polar surface area (TPSA) is 49.4 Å². The van der Waals surface area contributed by atoms with Crippen molar-refractivity contribution in [1.29, 1.82) is 0 Å². The number of benzene rings is 1. The molecular weight excluding hydrogens is 307 g/mol. The zero-order valence-electron chi connectivity index (χ0n) is 14.0. The standard InChI is InChI=1S/C19H25FN2O2/c20-16-10-8-14(9-11-16)18(23)15-5-4-12-22(13-15)19(24)21-17-6-2-1-3-7-17/h8-11,15,17H,1-7,12-13H2,(H,21,24). The highest BCUT2D eigenvalue weighted by Crippen LogP contribution is 2.22. The Labute approximate surface area is 142 Å². The van der Waals surface area contributed by atoms with Crippen molar-refractivity contribution < 1.29 is 14.0 Å². The number of halogens is 1. The van der Waals surface area contributed by atoms with Gasteiger partial charge in [0.1, 0.15) is 5.82 Å².